The van der Waals surface area contributed by atoms with Crippen LogP contribution in [0.25, 0.3) is 0 Å². The minimum atomic E-state index is -1.24. The van der Waals surface area contributed by atoms with E-state index < -0.39 is 70.5 Å². The first kappa shape index (κ1) is 74.5. The first-order chi connectivity index (χ1) is 45.2. The van der Waals surface area contributed by atoms with Crippen LogP contribution in [-0.2, 0) is 48.0 Å². The number of hydrogen-bond acceptors (Lipinski definition) is 11. The van der Waals surface area contributed by atoms with Gasteiger partial charge in [0, 0.05) is 139 Å². The van der Waals surface area contributed by atoms with Crippen molar-refractivity contribution >= 4 is 47.3 Å². The molecule has 4 aromatic carbocycles. The number of rotatable bonds is 24. The Bertz CT molecular complexity index is 3230. The van der Waals surface area contributed by atoms with E-state index in [1.807, 2.05) is 0 Å². The smallest absolute Gasteiger partial charge is 0.261 e. The van der Waals surface area contributed by atoms with Crippen molar-refractivity contribution in [3.63, 3.8) is 0 Å². The number of nitrogens with two attached hydrogens (primary N) is 3. The molecule has 0 radical (unpaired) electrons. The summed E-state index contributed by atoms with van der Waals surface area (Å²) in [4.78, 5) is 103. The van der Waals surface area contributed by atoms with Gasteiger partial charge in [-0.15, -0.1) is 0 Å². The van der Waals surface area contributed by atoms with Gasteiger partial charge < -0.3 is 47.9 Å². The highest BCUT2D eigenvalue weighted by molar-refractivity contribution is 6.21. The number of benzene rings is 4. The lowest BCUT2D eigenvalue weighted by molar-refractivity contribution is -0.133. The third-order valence-corrected chi connectivity index (χ3v) is 18.2. The molecule has 0 bridgehead atoms. The predicted molar refractivity (Wildman–Crippen MR) is 333 cm³/mol. The fourth-order valence-corrected chi connectivity index (χ4v) is 12.1. The van der Waals surface area contributed by atoms with Gasteiger partial charge in [-0.1, -0.05) is 26.0 Å². The van der Waals surface area contributed by atoms with Crippen LogP contribution in [-0.4, -0.2) is 150 Å². The van der Waals surface area contributed by atoms with Gasteiger partial charge in [0.15, 0.2) is 34.9 Å². The van der Waals surface area contributed by atoms with Crippen LogP contribution in [0.15, 0.2) is 60.7 Å². The number of amides is 8. The zero-order valence-electron chi connectivity index (χ0n) is 53.5. The van der Waals surface area contributed by atoms with Crippen molar-refractivity contribution in [2.24, 2.45) is 46.8 Å². The van der Waals surface area contributed by atoms with Gasteiger partial charge in [-0.25, -0.2) is 39.5 Å². The first-order valence-electron chi connectivity index (χ1n) is 32.5. The molecule has 3 saturated heterocycles. The highest BCUT2D eigenvalue weighted by Gasteiger charge is 2.36. The number of halogens is 9. The molecule has 27 heteroatoms. The third kappa shape index (κ3) is 21.5. The molecular weight excluding hydrogens is 1260 g/mol. The molecule has 9 N–H and O–H groups in total. The average molecular weight is 1340 g/mol. The van der Waals surface area contributed by atoms with E-state index in [2.05, 4.69) is 16.0 Å². The molecule has 95 heavy (non-hydrogen) atoms. The molecule has 18 nitrogen and oxygen atoms in total. The third-order valence-electron chi connectivity index (χ3n) is 18.2. The molecule has 4 aromatic rings. The molecule has 0 unspecified atom stereocenters. The van der Waals surface area contributed by atoms with Crippen LogP contribution in [0, 0.1) is 81.9 Å². The number of likely N-dealkylation sites (tertiary alicyclic amines) is 3. The molecular formula is C68H85F9N10O8. The summed E-state index contributed by atoms with van der Waals surface area (Å²) in [7, 11) is 0. The normalized spacial score (nSPS) is 17.1. The number of hydrogen-bond donors (Lipinski definition) is 6. The van der Waals surface area contributed by atoms with Crippen LogP contribution in [0.4, 0.5) is 39.5 Å². The molecule has 0 aromatic heterocycles. The lowest BCUT2D eigenvalue weighted by atomic mass is 9.86. The van der Waals surface area contributed by atoms with Crippen LogP contribution in [0.3, 0.4) is 0 Å². The SMILES string of the molecule is CC(C)C(=O)NCCC(=O)N1CCC([C@H](N)Cc2cc(F)c(F)cc2F)CC1.N[C@H](Cc1cc(F)c(F)cc1F)C1CCN(C(=O)CCNC(=O)C2CC2)CC1.N[C@H](Cc1cc(F)c(F)cc1F)C1CCN(C(=O)CCNC(=O)CCCN2C(=O)c3ccccc3C2=O)CC1. The van der Waals surface area contributed by atoms with Crippen molar-refractivity contribution in [3.05, 3.63) is 141 Å². The molecule has 9 rings (SSSR count). The van der Waals surface area contributed by atoms with Crippen molar-refractivity contribution in [1.82, 2.24) is 35.6 Å². The number of carbonyl (C=O) groups is 8. The first-order valence-corrected chi connectivity index (χ1v) is 32.5. The van der Waals surface area contributed by atoms with Crippen molar-refractivity contribution in [2.45, 2.75) is 135 Å². The Labute approximate surface area is 546 Å². The van der Waals surface area contributed by atoms with Crippen molar-refractivity contribution in [3.8, 4) is 0 Å². The average Bonchev–Trinajstić information content (AvgIpc) is 1.67. The molecule has 4 heterocycles. The number of nitrogens with zero attached hydrogens (tertiary/aromatic N) is 4. The Balaban J connectivity index is 0.000000206. The molecule has 3 atom stereocenters. The van der Waals surface area contributed by atoms with Crippen molar-refractivity contribution in [2.75, 3.05) is 65.4 Å². The Morgan fingerprint density at radius 1 is 0.453 bits per heavy atom. The second-order valence-corrected chi connectivity index (χ2v) is 25.4. The predicted octanol–water partition coefficient (Wildman–Crippen LogP) is 7.30. The summed E-state index contributed by atoms with van der Waals surface area (Å²) in [6, 6.07) is 9.50. The molecule has 518 valence electrons. The van der Waals surface area contributed by atoms with Gasteiger partial charge in [0.25, 0.3) is 11.8 Å². The maximum absolute atomic E-state index is 13.9. The van der Waals surface area contributed by atoms with Crippen molar-refractivity contribution in [1.29, 1.82) is 0 Å². The van der Waals surface area contributed by atoms with E-state index in [0.717, 1.165) is 35.9 Å². The number of piperidine rings is 3. The van der Waals surface area contributed by atoms with Gasteiger partial charge in [0.05, 0.1) is 11.1 Å². The maximum Gasteiger partial charge on any atom is 0.261 e. The van der Waals surface area contributed by atoms with E-state index in [1.165, 1.54) is 0 Å². The summed E-state index contributed by atoms with van der Waals surface area (Å²) in [6.45, 7) is 7.64. The molecule has 5 aliphatic rings. The fraction of sp³-hybridized carbons (Fsp3) is 0.529. The summed E-state index contributed by atoms with van der Waals surface area (Å²) in [5.74, 6) is -10.4. The minimum Gasteiger partial charge on any atom is -0.356 e. The Kier molecular flexibility index (Phi) is 27.6. The van der Waals surface area contributed by atoms with Crippen LogP contribution in [0.5, 0.6) is 0 Å². The number of imide groups is 1. The summed E-state index contributed by atoms with van der Waals surface area (Å²) in [5, 5.41) is 8.20. The van der Waals surface area contributed by atoms with E-state index in [4.69, 9.17) is 17.2 Å². The van der Waals surface area contributed by atoms with E-state index >= 15 is 0 Å². The van der Waals surface area contributed by atoms with Gasteiger partial charge in [-0.05, 0) is 142 Å². The summed E-state index contributed by atoms with van der Waals surface area (Å²) in [5.41, 5.74) is 19.4. The monoisotopic (exact) mass is 1340 g/mol. The zero-order chi connectivity index (χ0) is 69.2. The van der Waals surface area contributed by atoms with Crippen LogP contribution >= 0.6 is 0 Å². The zero-order valence-corrected chi connectivity index (χ0v) is 53.5. The molecule has 1 saturated carbocycles. The Morgan fingerprint density at radius 2 is 0.779 bits per heavy atom. The second kappa shape index (κ2) is 35.2. The van der Waals surface area contributed by atoms with Gasteiger partial charge in [0.1, 0.15) is 17.5 Å². The van der Waals surface area contributed by atoms with Crippen LogP contribution in [0.1, 0.15) is 135 Å². The summed E-state index contributed by atoms with van der Waals surface area (Å²) in [6.07, 6.45) is 7.11. The number of fused-ring (bicyclic) bond motifs is 1. The minimum absolute atomic E-state index is 0.00318. The number of carbonyl (C=O) groups excluding carboxylic acids is 8. The molecule has 0 spiro atoms. The highest BCUT2D eigenvalue weighted by Crippen LogP contribution is 2.30. The standard InChI is InChI=1S/C28H31F3N4O4.C20H26F3N3O2.C20H28F3N3O2/c29-21-16-23(31)22(30)14-18(21)15-24(32)17-8-12-34(13-9-17)26(37)7-10-33-25(36)6-3-11-35-27(38)19-4-1-2-5-20(19)28(35)39;21-15-11-17(23)16(22)9-14(15)10-18(24)12-4-7-26(8-5-12)19(27)3-6-25-20(28)13-1-2-13;1-12(2)20(28)25-6-3-19(27)26-7-4-13(5-8-26)18(24)10-14-9-16(22)17(23)11-15(14)21/h1-2,4-5,14,16-17,24H,3,6-13,15,32H2,(H,33,36);9,11-13,18H,1-8,10,24H2,(H,25,28);9,11-13,18H,3-8,10,24H2,1-2H3,(H,25,28)/t24-;2*18-/m111/s1. The highest BCUT2D eigenvalue weighted by atomic mass is 19.2. The quantitative estimate of drug-likeness (QED) is 0.0230. The van der Waals surface area contributed by atoms with Crippen molar-refractivity contribution < 1.29 is 77.9 Å². The van der Waals surface area contributed by atoms with Gasteiger partial charge in [-0.2, -0.15) is 0 Å². The van der Waals surface area contributed by atoms with Gasteiger partial charge in [0.2, 0.25) is 35.4 Å². The largest absolute Gasteiger partial charge is 0.356 e. The topological polar surface area (TPSA) is 264 Å². The Hall–Kier alpha value is -7.91. The van der Waals surface area contributed by atoms with Gasteiger partial charge in [-0.3, -0.25) is 43.3 Å². The second-order valence-electron chi connectivity index (χ2n) is 25.4. The van der Waals surface area contributed by atoms with E-state index in [-0.39, 0.29) is 152 Å². The summed E-state index contributed by atoms with van der Waals surface area (Å²) < 4.78 is 121. The fourth-order valence-electron chi connectivity index (χ4n) is 12.1. The molecule has 8 amide bonds. The molecule has 1 aliphatic carbocycles. The maximum atomic E-state index is 13.9. The Morgan fingerprint density at radius 3 is 1.12 bits per heavy atom. The molecule has 4 aliphatic heterocycles. The van der Waals surface area contributed by atoms with Crippen LogP contribution < -0.4 is 33.2 Å². The number of nitrogens with one attached hydrogen (secondary N) is 3. The lowest BCUT2D eigenvalue weighted by Crippen LogP contribution is -2.45. The van der Waals surface area contributed by atoms with E-state index in [9.17, 15) is 77.9 Å². The summed E-state index contributed by atoms with van der Waals surface area (Å²) >= 11 is 0. The lowest BCUT2D eigenvalue weighted by Gasteiger charge is -2.35. The molecule has 4 fully saturated rings. The van der Waals surface area contributed by atoms with E-state index in [1.54, 1.807) is 52.8 Å². The van der Waals surface area contributed by atoms with Gasteiger partial charge >= 0.3 is 0 Å². The van der Waals surface area contributed by atoms with Crippen LogP contribution in [0.2, 0.25) is 0 Å². The van der Waals surface area contributed by atoms with E-state index in [0.29, 0.717) is 127 Å².